The molecule has 0 aromatic carbocycles. The van der Waals surface area contributed by atoms with Crippen LogP contribution in [-0.4, -0.2) is 66.5 Å². The molecule has 0 radical (unpaired) electrons. The number of thiol groups is 1. The van der Waals surface area contributed by atoms with Crippen LogP contribution in [0.5, 0.6) is 0 Å². The van der Waals surface area contributed by atoms with Gasteiger partial charge in [-0.15, -0.1) is 0 Å². The molecule has 0 aliphatic rings. The van der Waals surface area contributed by atoms with Gasteiger partial charge >= 0.3 is 11.9 Å². The van der Waals surface area contributed by atoms with Gasteiger partial charge in [-0.25, -0.2) is 4.79 Å². The second-order valence-electron chi connectivity index (χ2n) is 3.89. The summed E-state index contributed by atoms with van der Waals surface area (Å²) < 4.78 is 0. The van der Waals surface area contributed by atoms with Crippen molar-refractivity contribution in [3.63, 3.8) is 0 Å². The summed E-state index contributed by atoms with van der Waals surface area (Å²) in [6, 6.07) is -0.930. The van der Waals surface area contributed by atoms with Gasteiger partial charge in [-0.05, 0) is 6.42 Å². The van der Waals surface area contributed by atoms with E-state index in [2.05, 4.69) is 33.0 Å². The number of aliphatic hydroxyl groups excluding tert-OH is 1. The molecule has 0 rings (SSSR count). The third-order valence-electron chi connectivity index (χ3n) is 2.21. The molecule has 0 spiro atoms. The van der Waals surface area contributed by atoms with Crippen molar-refractivity contribution in [1.82, 2.24) is 10.6 Å². The standard InChI is InChI=1S/C11H18N2O7S.CH4O/c1-19-20-10(17)5-12-11(18)7(6-21)13-8(14)3-2-4-9(15)16;1-2/h7,21H,2-6H2,1H3,(H,12,18)(H,13,14)(H,15,16);2H,1H3. The van der Waals surface area contributed by atoms with Gasteiger partial charge in [-0.1, -0.05) is 0 Å². The first kappa shape index (κ1) is 23.4. The number of aliphatic carboxylic acids is 1. The fourth-order valence-corrected chi connectivity index (χ4v) is 1.52. The highest BCUT2D eigenvalue weighted by atomic mass is 32.1. The first-order valence-corrected chi connectivity index (χ1v) is 7.11. The fraction of sp³-hybridized carbons (Fsp3) is 0.667. The van der Waals surface area contributed by atoms with Crippen LogP contribution < -0.4 is 10.6 Å². The number of hydrogen-bond acceptors (Lipinski definition) is 8. The molecule has 2 amide bonds. The van der Waals surface area contributed by atoms with Crippen LogP contribution in [0.15, 0.2) is 0 Å². The SMILES string of the molecule is CO.COOC(=O)CNC(=O)C(CS)NC(=O)CCCC(=O)O. The second kappa shape index (κ2) is 15.1. The van der Waals surface area contributed by atoms with Crippen molar-refractivity contribution < 1.29 is 39.2 Å². The molecule has 0 aromatic heterocycles. The maximum atomic E-state index is 11.7. The topological polar surface area (TPSA) is 151 Å². The van der Waals surface area contributed by atoms with E-state index in [0.29, 0.717) is 0 Å². The molecule has 0 saturated heterocycles. The lowest BCUT2D eigenvalue weighted by atomic mass is 10.2. The Hall–Kier alpha value is -1.85. The normalized spacial score (nSPS) is 10.6. The molecule has 11 heteroatoms. The predicted molar refractivity (Wildman–Crippen MR) is 81.5 cm³/mol. The molecule has 0 aliphatic heterocycles. The van der Waals surface area contributed by atoms with Crippen molar-refractivity contribution in [2.45, 2.75) is 25.3 Å². The number of carbonyl (C=O) groups excluding carboxylic acids is 3. The summed E-state index contributed by atoms with van der Waals surface area (Å²) in [5.74, 6) is -2.84. The van der Waals surface area contributed by atoms with E-state index in [9.17, 15) is 19.2 Å². The maximum absolute atomic E-state index is 11.7. The van der Waals surface area contributed by atoms with Crippen molar-refractivity contribution in [1.29, 1.82) is 0 Å². The Labute approximate surface area is 138 Å². The number of rotatable bonds is 10. The lowest BCUT2D eigenvalue weighted by Gasteiger charge is -2.15. The summed E-state index contributed by atoms with van der Waals surface area (Å²) in [5, 5.41) is 20.1. The predicted octanol–water partition coefficient (Wildman–Crippen LogP) is -1.51. The van der Waals surface area contributed by atoms with Crippen LogP contribution in [0, 0.1) is 0 Å². The summed E-state index contributed by atoms with van der Waals surface area (Å²) in [4.78, 5) is 52.7. The number of nitrogens with one attached hydrogen (secondary N) is 2. The fourth-order valence-electron chi connectivity index (χ4n) is 1.27. The molecule has 23 heavy (non-hydrogen) atoms. The van der Waals surface area contributed by atoms with E-state index < -0.39 is 36.3 Å². The minimum Gasteiger partial charge on any atom is -0.481 e. The van der Waals surface area contributed by atoms with Crippen LogP contribution in [-0.2, 0) is 29.0 Å². The van der Waals surface area contributed by atoms with Gasteiger partial charge in [-0.3, -0.25) is 19.3 Å². The number of carboxylic acid groups (broad SMARTS) is 1. The Morgan fingerprint density at radius 1 is 1.17 bits per heavy atom. The minimum atomic E-state index is -0.997. The van der Waals surface area contributed by atoms with Crippen molar-refractivity contribution in [3.05, 3.63) is 0 Å². The van der Waals surface area contributed by atoms with E-state index in [-0.39, 0.29) is 25.0 Å². The highest BCUT2D eigenvalue weighted by molar-refractivity contribution is 7.80. The van der Waals surface area contributed by atoms with Crippen LogP contribution in [0.1, 0.15) is 19.3 Å². The Morgan fingerprint density at radius 3 is 2.26 bits per heavy atom. The van der Waals surface area contributed by atoms with Crippen molar-refractivity contribution in [2.75, 3.05) is 26.5 Å². The molecule has 10 nitrogen and oxygen atoms in total. The van der Waals surface area contributed by atoms with Crippen molar-refractivity contribution >= 4 is 36.4 Å². The molecule has 1 atom stereocenters. The first-order valence-electron chi connectivity index (χ1n) is 6.48. The van der Waals surface area contributed by atoms with E-state index in [1.54, 1.807) is 0 Å². The Kier molecular flexibility index (Phi) is 15.3. The van der Waals surface area contributed by atoms with Gasteiger partial charge < -0.3 is 20.8 Å². The molecule has 4 N–H and O–H groups in total. The number of aliphatic hydroxyl groups is 1. The van der Waals surface area contributed by atoms with E-state index in [1.165, 1.54) is 0 Å². The smallest absolute Gasteiger partial charge is 0.361 e. The zero-order valence-corrected chi connectivity index (χ0v) is 13.8. The van der Waals surface area contributed by atoms with Gasteiger partial charge in [-0.2, -0.15) is 17.5 Å². The highest BCUT2D eigenvalue weighted by Crippen LogP contribution is 1.97. The molecule has 134 valence electrons. The molecule has 0 saturated carbocycles. The van der Waals surface area contributed by atoms with Gasteiger partial charge in [0.05, 0.1) is 7.11 Å². The molecular weight excluding hydrogens is 332 g/mol. The van der Waals surface area contributed by atoms with Crippen LogP contribution in [0.25, 0.3) is 0 Å². The maximum Gasteiger partial charge on any atom is 0.361 e. The van der Waals surface area contributed by atoms with Crippen LogP contribution >= 0.6 is 12.6 Å². The molecule has 1 unspecified atom stereocenters. The summed E-state index contributed by atoms with van der Waals surface area (Å²) in [5.41, 5.74) is 0. The lowest BCUT2D eigenvalue weighted by molar-refractivity contribution is -0.253. The molecule has 0 aromatic rings. The van der Waals surface area contributed by atoms with E-state index in [1.807, 2.05) is 0 Å². The monoisotopic (exact) mass is 354 g/mol. The van der Waals surface area contributed by atoms with Crippen molar-refractivity contribution in [2.24, 2.45) is 0 Å². The van der Waals surface area contributed by atoms with Gasteiger partial charge in [0, 0.05) is 25.7 Å². The molecule has 0 aliphatic carbocycles. The van der Waals surface area contributed by atoms with E-state index >= 15 is 0 Å². The molecule has 0 heterocycles. The average molecular weight is 354 g/mol. The molecular formula is C12H22N2O8S. The van der Waals surface area contributed by atoms with Gasteiger partial charge in [0.25, 0.3) is 0 Å². The molecule has 0 bridgehead atoms. The van der Waals surface area contributed by atoms with Crippen LogP contribution in [0.2, 0.25) is 0 Å². The summed E-state index contributed by atoms with van der Waals surface area (Å²) in [7, 11) is 2.15. The number of hydrogen-bond donors (Lipinski definition) is 5. The summed E-state index contributed by atoms with van der Waals surface area (Å²) >= 11 is 3.93. The third kappa shape index (κ3) is 13.5. The van der Waals surface area contributed by atoms with Gasteiger partial charge in [0.2, 0.25) is 11.8 Å². The van der Waals surface area contributed by atoms with E-state index in [0.717, 1.165) is 14.2 Å². The van der Waals surface area contributed by atoms with Gasteiger partial charge in [0.15, 0.2) is 0 Å². The Bertz CT molecular complexity index is 391. The Morgan fingerprint density at radius 2 is 1.78 bits per heavy atom. The summed E-state index contributed by atoms with van der Waals surface area (Å²) in [6.07, 6.45) is 0.0197. The van der Waals surface area contributed by atoms with Gasteiger partial charge in [0.1, 0.15) is 12.6 Å². The van der Waals surface area contributed by atoms with Crippen LogP contribution in [0.3, 0.4) is 0 Å². The average Bonchev–Trinajstić information content (AvgIpc) is 2.52. The zero-order valence-electron chi connectivity index (χ0n) is 12.9. The van der Waals surface area contributed by atoms with Crippen LogP contribution in [0.4, 0.5) is 0 Å². The number of carbonyl (C=O) groups is 4. The molecule has 0 fully saturated rings. The zero-order chi connectivity index (χ0) is 18.3. The minimum absolute atomic E-state index is 0.0183. The largest absolute Gasteiger partial charge is 0.481 e. The second-order valence-corrected chi connectivity index (χ2v) is 4.25. The Balaban J connectivity index is 0. The third-order valence-corrected chi connectivity index (χ3v) is 2.58. The van der Waals surface area contributed by atoms with Crippen molar-refractivity contribution in [3.8, 4) is 0 Å². The number of carboxylic acids is 1. The highest BCUT2D eigenvalue weighted by Gasteiger charge is 2.20. The first-order chi connectivity index (χ1) is 10.9. The summed E-state index contributed by atoms with van der Waals surface area (Å²) in [6.45, 7) is -0.411. The quantitative estimate of drug-likeness (QED) is 0.180. The lowest BCUT2D eigenvalue weighted by Crippen LogP contribution is -2.49. The van der Waals surface area contributed by atoms with E-state index in [4.69, 9.17) is 10.2 Å². The number of amides is 2.